The summed E-state index contributed by atoms with van der Waals surface area (Å²) in [6.07, 6.45) is 4.70. The fourth-order valence-corrected chi connectivity index (χ4v) is 0.443. The van der Waals surface area contributed by atoms with Gasteiger partial charge in [0.05, 0.1) is 0 Å². The highest BCUT2D eigenvalue weighted by molar-refractivity contribution is 5.16. The van der Waals surface area contributed by atoms with Gasteiger partial charge in [0.2, 0.25) is 0 Å². The molecule has 1 aliphatic rings. The number of hydrogen-bond acceptors (Lipinski definition) is 1. The molecule has 34 valence electrons. The van der Waals surface area contributed by atoms with E-state index in [1.165, 1.54) is 18.4 Å². The van der Waals surface area contributed by atoms with Crippen LogP contribution in [0.1, 0.15) is 12.8 Å². The molecule has 0 atom stereocenters. The Balaban J connectivity index is 2.24. The van der Waals surface area contributed by atoms with Gasteiger partial charge >= 0.3 is 0 Å². The Hall–Kier alpha value is -0.300. The summed E-state index contributed by atoms with van der Waals surface area (Å²) in [5.41, 5.74) is 6.73. The molecule has 0 spiro atoms. The molecule has 0 amide bonds. The maximum Gasteiger partial charge on any atom is 0.0109 e. The quantitative estimate of drug-likeness (QED) is 0.463. The van der Waals surface area contributed by atoms with Crippen molar-refractivity contribution in [3.8, 4) is 0 Å². The first-order valence-electron chi connectivity index (χ1n) is 2.31. The molecule has 0 bridgehead atoms. The largest absolute Gasteiger partial charge is 0.327 e. The molecule has 1 rings (SSSR count). The summed E-state index contributed by atoms with van der Waals surface area (Å²) >= 11 is 0. The number of rotatable bonds is 1. The summed E-state index contributed by atoms with van der Waals surface area (Å²) in [7, 11) is 0. The van der Waals surface area contributed by atoms with Gasteiger partial charge in [-0.3, -0.25) is 0 Å². The minimum atomic E-state index is 0.731. The fourth-order valence-electron chi connectivity index (χ4n) is 0.443. The van der Waals surface area contributed by atoms with Crippen molar-refractivity contribution in [2.24, 2.45) is 5.73 Å². The van der Waals surface area contributed by atoms with Crippen LogP contribution in [-0.4, -0.2) is 6.54 Å². The maximum absolute atomic E-state index is 5.19. The molecule has 0 unspecified atom stereocenters. The highest BCUT2D eigenvalue weighted by atomic mass is 14.5. The Kier molecular flexibility index (Phi) is 0.926. The minimum Gasteiger partial charge on any atom is -0.327 e. The predicted octanol–water partition coefficient (Wildman–Crippen LogP) is 0.665. The average molecular weight is 83.1 g/mol. The minimum absolute atomic E-state index is 0.731. The van der Waals surface area contributed by atoms with Crippen molar-refractivity contribution in [1.82, 2.24) is 0 Å². The Morgan fingerprint density at radius 2 is 2.33 bits per heavy atom. The van der Waals surface area contributed by atoms with Crippen LogP contribution in [0.3, 0.4) is 0 Å². The van der Waals surface area contributed by atoms with Crippen molar-refractivity contribution in [2.75, 3.05) is 6.54 Å². The van der Waals surface area contributed by atoms with Gasteiger partial charge in [-0.1, -0.05) is 11.6 Å². The van der Waals surface area contributed by atoms with E-state index in [1.54, 1.807) is 0 Å². The summed E-state index contributed by atoms with van der Waals surface area (Å²) in [5.74, 6) is 0. The van der Waals surface area contributed by atoms with Crippen LogP contribution in [0.4, 0.5) is 0 Å². The van der Waals surface area contributed by atoms with E-state index in [2.05, 4.69) is 6.08 Å². The fraction of sp³-hybridized carbons (Fsp3) is 0.600. The van der Waals surface area contributed by atoms with E-state index in [-0.39, 0.29) is 0 Å². The van der Waals surface area contributed by atoms with E-state index in [1.807, 2.05) is 0 Å². The molecule has 1 nitrogen and oxygen atoms in total. The standard InChI is InChI=1S/C5H9N/c6-4-3-5-1-2-5/h3H,1-2,4,6H2. The molecule has 1 aliphatic carbocycles. The van der Waals surface area contributed by atoms with Gasteiger partial charge in [-0.25, -0.2) is 0 Å². The summed E-state index contributed by atoms with van der Waals surface area (Å²) in [4.78, 5) is 0. The van der Waals surface area contributed by atoms with Crippen LogP contribution >= 0.6 is 0 Å². The first-order valence-corrected chi connectivity index (χ1v) is 2.31. The highest BCUT2D eigenvalue weighted by Gasteiger charge is 2.07. The molecular formula is C5H9N. The molecule has 0 aromatic heterocycles. The van der Waals surface area contributed by atoms with Crippen LogP contribution in [0, 0.1) is 0 Å². The van der Waals surface area contributed by atoms with Crippen molar-refractivity contribution in [3.63, 3.8) is 0 Å². The molecule has 0 aromatic carbocycles. The first-order chi connectivity index (χ1) is 2.93. The summed E-state index contributed by atoms with van der Waals surface area (Å²) in [6.45, 7) is 0.731. The van der Waals surface area contributed by atoms with Crippen LogP contribution in [0.2, 0.25) is 0 Å². The smallest absolute Gasteiger partial charge is 0.0109 e. The second kappa shape index (κ2) is 1.43. The topological polar surface area (TPSA) is 26.0 Å². The van der Waals surface area contributed by atoms with Crippen molar-refractivity contribution >= 4 is 0 Å². The van der Waals surface area contributed by atoms with Crippen molar-refractivity contribution < 1.29 is 0 Å². The van der Waals surface area contributed by atoms with Crippen LogP contribution in [0.15, 0.2) is 11.6 Å². The Labute approximate surface area is 37.8 Å². The predicted molar refractivity (Wildman–Crippen MR) is 26.4 cm³/mol. The molecule has 0 radical (unpaired) electrons. The van der Waals surface area contributed by atoms with Gasteiger partial charge in [-0.05, 0) is 12.8 Å². The molecular weight excluding hydrogens is 74.1 g/mol. The Morgan fingerprint density at radius 3 is 2.50 bits per heavy atom. The van der Waals surface area contributed by atoms with Gasteiger partial charge in [0.25, 0.3) is 0 Å². The van der Waals surface area contributed by atoms with Gasteiger partial charge in [0.15, 0.2) is 0 Å². The molecule has 1 saturated carbocycles. The van der Waals surface area contributed by atoms with Crippen molar-refractivity contribution in [2.45, 2.75) is 12.8 Å². The second-order valence-corrected chi connectivity index (χ2v) is 1.60. The van der Waals surface area contributed by atoms with Crippen LogP contribution < -0.4 is 5.73 Å². The molecule has 1 fully saturated rings. The van der Waals surface area contributed by atoms with Crippen LogP contribution in [0.25, 0.3) is 0 Å². The zero-order chi connectivity index (χ0) is 4.41. The van der Waals surface area contributed by atoms with E-state index in [0.717, 1.165) is 6.54 Å². The molecule has 0 aromatic rings. The van der Waals surface area contributed by atoms with Crippen LogP contribution in [-0.2, 0) is 0 Å². The zero-order valence-electron chi connectivity index (χ0n) is 3.78. The third-order valence-electron chi connectivity index (χ3n) is 0.945. The molecule has 6 heavy (non-hydrogen) atoms. The third kappa shape index (κ3) is 0.830. The lowest BCUT2D eigenvalue weighted by Gasteiger charge is -1.69. The maximum atomic E-state index is 5.19. The second-order valence-electron chi connectivity index (χ2n) is 1.60. The SMILES string of the molecule is NCC=C1CC1. The monoisotopic (exact) mass is 83.1 g/mol. The van der Waals surface area contributed by atoms with E-state index in [0.29, 0.717) is 0 Å². The zero-order valence-corrected chi connectivity index (χ0v) is 3.78. The molecule has 2 N–H and O–H groups in total. The average Bonchev–Trinajstić information content (AvgIpc) is 2.21. The van der Waals surface area contributed by atoms with Gasteiger partial charge in [-0.2, -0.15) is 0 Å². The van der Waals surface area contributed by atoms with E-state index < -0.39 is 0 Å². The summed E-state index contributed by atoms with van der Waals surface area (Å²) < 4.78 is 0. The van der Waals surface area contributed by atoms with Crippen molar-refractivity contribution in [1.29, 1.82) is 0 Å². The Bertz CT molecular complexity index is 68.0. The Morgan fingerprint density at radius 1 is 1.67 bits per heavy atom. The molecule has 0 aliphatic heterocycles. The summed E-state index contributed by atoms with van der Waals surface area (Å²) in [5, 5.41) is 0. The van der Waals surface area contributed by atoms with E-state index >= 15 is 0 Å². The first kappa shape index (κ1) is 3.88. The van der Waals surface area contributed by atoms with Gasteiger partial charge in [-0.15, -0.1) is 0 Å². The number of allylic oxidation sites excluding steroid dienone is 1. The lowest BCUT2D eigenvalue weighted by Crippen LogP contribution is -1.91. The molecule has 1 heteroatoms. The van der Waals surface area contributed by atoms with Gasteiger partial charge < -0.3 is 5.73 Å². The highest BCUT2D eigenvalue weighted by Crippen LogP contribution is 2.26. The van der Waals surface area contributed by atoms with Crippen molar-refractivity contribution in [3.05, 3.63) is 11.6 Å². The van der Waals surface area contributed by atoms with E-state index in [4.69, 9.17) is 5.73 Å². The molecule has 0 saturated heterocycles. The van der Waals surface area contributed by atoms with Gasteiger partial charge in [0, 0.05) is 6.54 Å². The van der Waals surface area contributed by atoms with Crippen LogP contribution in [0.5, 0.6) is 0 Å². The lowest BCUT2D eigenvalue weighted by atomic mass is 10.5. The van der Waals surface area contributed by atoms with Gasteiger partial charge in [0.1, 0.15) is 0 Å². The number of hydrogen-bond donors (Lipinski definition) is 1. The normalized spacial score (nSPS) is 17.8. The number of nitrogens with two attached hydrogens (primary N) is 1. The van der Waals surface area contributed by atoms with E-state index in [9.17, 15) is 0 Å². The third-order valence-corrected chi connectivity index (χ3v) is 0.945. The lowest BCUT2D eigenvalue weighted by molar-refractivity contribution is 1.25. The summed E-state index contributed by atoms with van der Waals surface area (Å²) in [6, 6.07) is 0. The molecule has 0 heterocycles.